The van der Waals surface area contributed by atoms with Crippen LogP contribution in [0.1, 0.15) is 48.5 Å². The average Bonchev–Trinajstić information content (AvgIpc) is 2.64. The number of halogens is 2. The van der Waals surface area contributed by atoms with E-state index in [4.69, 9.17) is 25.6 Å². The van der Waals surface area contributed by atoms with Crippen LogP contribution < -0.4 is 10.6 Å². The first-order chi connectivity index (χ1) is 11.2. The van der Waals surface area contributed by atoms with E-state index < -0.39 is 30.0 Å². The summed E-state index contributed by atoms with van der Waals surface area (Å²) in [6.07, 6.45) is -1.12. The molecule has 0 radical (unpaired) electrons. The molecule has 8 heteroatoms. The summed E-state index contributed by atoms with van der Waals surface area (Å²) < 4.78 is 31.3. The maximum atomic E-state index is 14.4. The zero-order chi connectivity index (χ0) is 19.2. The number of benzene rings is 1. The van der Waals surface area contributed by atoms with E-state index in [9.17, 15) is 9.28 Å². The second kappa shape index (κ2) is 6.45. The number of ether oxygens (including phenoxy) is 1. The van der Waals surface area contributed by atoms with Gasteiger partial charge in [0.1, 0.15) is 5.60 Å². The van der Waals surface area contributed by atoms with E-state index in [1.54, 1.807) is 26.8 Å². The Hall–Kier alpha value is -1.31. The number of anilines is 1. The number of carbonyl (C=O) groups excluding carboxylic acids is 1. The van der Waals surface area contributed by atoms with Gasteiger partial charge in [0.05, 0.1) is 16.9 Å². The summed E-state index contributed by atoms with van der Waals surface area (Å²) in [5.74, 6) is 0. The Balaban J connectivity index is 2.28. The van der Waals surface area contributed by atoms with E-state index in [1.807, 2.05) is 27.7 Å². The van der Waals surface area contributed by atoms with E-state index in [0.29, 0.717) is 5.46 Å². The Morgan fingerprint density at radius 1 is 1.16 bits per heavy atom. The third-order valence-corrected chi connectivity index (χ3v) is 4.43. The van der Waals surface area contributed by atoms with E-state index in [-0.39, 0.29) is 15.8 Å². The number of hydrogen-bond acceptors (Lipinski definition) is 4. The molecule has 25 heavy (non-hydrogen) atoms. The summed E-state index contributed by atoms with van der Waals surface area (Å²) >= 11 is 6.10. The van der Waals surface area contributed by atoms with E-state index in [2.05, 4.69) is 0 Å². The summed E-state index contributed by atoms with van der Waals surface area (Å²) in [7, 11) is -0.713. The molecule has 138 valence electrons. The van der Waals surface area contributed by atoms with Gasteiger partial charge < -0.3 is 14.0 Å². The van der Waals surface area contributed by atoms with Crippen molar-refractivity contribution in [2.45, 2.75) is 65.3 Å². The van der Waals surface area contributed by atoms with Crippen molar-refractivity contribution in [1.82, 2.24) is 0 Å². The number of nitrogens with zero attached hydrogens (tertiary/aromatic N) is 1. The van der Waals surface area contributed by atoms with Crippen LogP contribution >= 0.6 is 11.6 Å². The predicted molar refractivity (Wildman–Crippen MR) is 97.0 cm³/mol. The maximum Gasteiger partial charge on any atom is 0.494 e. The molecule has 0 spiro atoms. The zero-order valence-corrected chi connectivity index (χ0v) is 16.4. The van der Waals surface area contributed by atoms with Crippen molar-refractivity contribution in [2.75, 3.05) is 5.12 Å². The normalized spacial score (nSPS) is 19.0. The number of rotatable bonds is 2. The fourth-order valence-electron chi connectivity index (χ4n) is 2.23. The lowest BCUT2D eigenvalue weighted by molar-refractivity contribution is 0.00578. The summed E-state index contributed by atoms with van der Waals surface area (Å²) in [6.45, 7) is 12.6. The molecular formula is C17H24BClFNO4. The lowest BCUT2D eigenvalue weighted by Crippen LogP contribution is -2.41. The van der Waals surface area contributed by atoms with Crippen LogP contribution in [0.15, 0.2) is 18.2 Å². The molecular weight excluding hydrogens is 347 g/mol. The van der Waals surface area contributed by atoms with Crippen LogP contribution in [0.2, 0.25) is 5.02 Å². The number of amides is 1. The van der Waals surface area contributed by atoms with Gasteiger partial charge in [-0.25, -0.2) is 4.79 Å². The van der Waals surface area contributed by atoms with Gasteiger partial charge in [0.2, 0.25) is 0 Å². The molecule has 0 unspecified atom stereocenters. The summed E-state index contributed by atoms with van der Waals surface area (Å²) in [5, 5.41) is 0.180. The largest absolute Gasteiger partial charge is 0.494 e. The van der Waals surface area contributed by atoms with E-state index in [1.165, 1.54) is 12.1 Å². The molecule has 1 aromatic rings. The molecule has 1 aliphatic rings. The first-order valence-corrected chi connectivity index (χ1v) is 8.45. The van der Waals surface area contributed by atoms with Gasteiger partial charge >= 0.3 is 13.2 Å². The third kappa shape index (κ3) is 4.46. The third-order valence-electron chi connectivity index (χ3n) is 4.21. The highest BCUT2D eigenvalue weighted by atomic mass is 35.5. The first kappa shape index (κ1) is 20.0. The van der Waals surface area contributed by atoms with E-state index >= 15 is 0 Å². The highest BCUT2D eigenvalue weighted by Gasteiger charge is 2.51. The molecule has 1 heterocycles. The number of carbonyl (C=O) groups is 1. The van der Waals surface area contributed by atoms with Crippen LogP contribution in [0, 0.1) is 0 Å². The molecule has 1 saturated heterocycles. The molecule has 0 bridgehead atoms. The second-order valence-electron chi connectivity index (χ2n) is 8.09. The molecule has 1 aromatic carbocycles. The zero-order valence-electron chi connectivity index (χ0n) is 15.6. The molecule has 0 atom stereocenters. The molecule has 1 amide bonds. The van der Waals surface area contributed by atoms with Crippen molar-refractivity contribution in [3.8, 4) is 0 Å². The van der Waals surface area contributed by atoms with Crippen LogP contribution in [0.25, 0.3) is 0 Å². The SMILES string of the molecule is CC(C)(C)OC(=O)N(F)c1cc(Cl)cc(B2OC(C)(C)C(C)(C)O2)c1. The Morgan fingerprint density at radius 2 is 1.68 bits per heavy atom. The number of hydrogen-bond donors (Lipinski definition) is 0. The molecule has 0 aromatic heterocycles. The van der Waals surface area contributed by atoms with Gasteiger partial charge in [-0.2, -0.15) is 0 Å². The minimum Gasteiger partial charge on any atom is -0.442 e. The van der Waals surface area contributed by atoms with Crippen LogP contribution in [-0.2, 0) is 14.0 Å². The summed E-state index contributed by atoms with van der Waals surface area (Å²) in [5.41, 5.74) is -1.42. The Kier molecular flexibility index (Phi) is 5.16. The standard InChI is InChI=1S/C17H24BClFNO4/c1-15(2,3)23-14(22)21(20)13-9-11(8-12(19)10-13)18-24-16(4,5)17(6,7)25-18/h8-10H,1-7H3. The fraction of sp³-hybridized carbons (Fsp3) is 0.588. The summed E-state index contributed by atoms with van der Waals surface area (Å²) in [4.78, 5) is 11.9. The quantitative estimate of drug-likeness (QED) is 0.575. The maximum absolute atomic E-state index is 14.4. The molecule has 0 N–H and O–H groups in total. The van der Waals surface area contributed by atoms with Crippen LogP contribution in [0.3, 0.4) is 0 Å². The Bertz CT molecular complexity index is 659. The van der Waals surface area contributed by atoms with Crippen LogP contribution in [-0.4, -0.2) is 30.0 Å². The minimum atomic E-state index is -1.12. The molecule has 5 nitrogen and oxygen atoms in total. The molecule has 1 aliphatic heterocycles. The second-order valence-corrected chi connectivity index (χ2v) is 8.53. The highest BCUT2D eigenvalue weighted by Crippen LogP contribution is 2.37. The van der Waals surface area contributed by atoms with Crippen molar-refractivity contribution in [3.63, 3.8) is 0 Å². The van der Waals surface area contributed by atoms with Gasteiger partial charge in [-0.05, 0) is 72.1 Å². The van der Waals surface area contributed by atoms with Crippen molar-refractivity contribution < 1.29 is 23.3 Å². The Labute approximate surface area is 153 Å². The smallest absolute Gasteiger partial charge is 0.442 e. The van der Waals surface area contributed by atoms with E-state index in [0.717, 1.165) is 0 Å². The van der Waals surface area contributed by atoms with Crippen molar-refractivity contribution in [1.29, 1.82) is 0 Å². The van der Waals surface area contributed by atoms with Gasteiger partial charge in [0, 0.05) is 5.02 Å². The first-order valence-electron chi connectivity index (χ1n) is 8.07. The van der Waals surface area contributed by atoms with Gasteiger partial charge in [0.25, 0.3) is 0 Å². The van der Waals surface area contributed by atoms with Gasteiger partial charge in [0.15, 0.2) is 0 Å². The Morgan fingerprint density at radius 3 is 2.16 bits per heavy atom. The lowest BCUT2D eigenvalue weighted by Gasteiger charge is -2.32. The fourth-order valence-corrected chi connectivity index (χ4v) is 2.47. The van der Waals surface area contributed by atoms with Gasteiger partial charge in [-0.1, -0.05) is 16.1 Å². The molecule has 0 saturated carbocycles. The van der Waals surface area contributed by atoms with Crippen LogP contribution in [0.4, 0.5) is 15.0 Å². The lowest BCUT2D eigenvalue weighted by atomic mass is 9.79. The van der Waals surface area contributed by atoms with Gasteiger partial charge in [-0.3, -0.25) is 0 Å². The highest BCUT2D eigenvalue weighted by molar-refractivity contribution is 6.62. The monoisotopic (exact) mass is 371 g/mol. The summed E-state index contributed by atoms with van der Waals surface area (Å²) in [6, 6.07) is 4.41. The predicted octanol–water partition coefficient (Wildman–Crippen LogP) is 4.27. The average molecular weight is 372 g/mol. The van der Waals surface area contributed by atoms with Gasteiger partial charge in [-0.15, -0.1) is 5.12 Å². The molecule has 1 fully saturated rings. The van der Waals surface area contributed by atoms with Crippen molar-refractivity contribution in [2.24, 2.45) is 0 Å². The molecule has 2 rings (SSSR count). The minimum absolute atomic E-state index is 0.0496. The van der Waals surface area contributed by atoms with Crippen molar-refractivity contribution >= 4 is 36.0 Å². The topological polar surface area (TPSA) is 48.0 Å². The van der Waals surface area contributed by atoms with Crippen molar-refractivity contribution in [3.05, 3.63) is 23.2 Å². The van der Waals surface area contributed by atoms with Crippen LogP contribution in [0.5, 0.6) is 0 Å². The molecule has 0 aliphatic carbocycles.